The minimum absolute atomic E-state index is 0.395. The molecule has 0 saturated heterocycles. The van der Waals surface area contributed by atoms with Gasteiger partial charge in [-0.25, -0.2) is 0 Å². The first-order valence-corrected chi connectivity index (χ1v) is 10.0. The SMILES string of the molecule is CCCCc1cccc([PH+](C(C)(C)C)C(C)(C)C)c1.F[B-](F)(F)F. The molecule has 1 aromatic rings. The Labute approximate surface area is 146 Å². The van der Waals surface area contributed by atoms with Crippen LogP contribution in [0.25, 0.3) is 0 Å². The minimum atomic E-state index is -6.00. The van der Waals surface area contributed by atoms with Crippen LogP contribution in [0.4, 0.5) is 17.3 Å². The second-order valence-electron chi connectivity index (χ2n) is 8.17. The van der Waals surface area contributed by atoms with Crippen molar-refractivity contribution in [2.45, 2.75) is 78.0 Å². The molecule has 6 heteroatoms. The molecule has 0 nitrogen and oxygen atoms in total. The van der Waals surface area contributed by atoms with Crippen molar-refractivity contribution in [3.63, 3.8) is 0 Å². The molecule has 1 rings (SSSR count). The third-order valence-electron chi connectivity index (χ3n) is 3.53. The normalized spacial score (nSPS) is 12.8. The van der Waals surface area contributed by atoms with Crippen molar-refractivity contribution < 1.29 is 17.3 Å². The minimum Gasteiger partial charge on any atom is -0.418 e. The van der Waals surface area contributed by atoms with E-state index in [4.69, 9.17) is 0 Å². The molecule has 0 fully saturated rings. The Hall–Kier alpha value is -0.565. The van der Waals surface area contributed by atoms with Gasteiger partial charge in [0, 0.05) is 7.92 Å². The molecule has 0 amide bonds. The van der Waals surface area contributed by atoms with Crippen molar-refractivity contribution in [1.82, 2.24) is 0 Å². The highest BCUT2D eigenvalue weighted by Gasteiger charge is 2.43. The molecule has 0 unspecified atom stereocenters. The van der Waals surface area contributed by atoms with Crippen LogP contribution >= 0.6 is 7.92 Å². The van der Waals surface area contributed by atoms with Gasteiger partial charge in [0.15, 0.2) is 0 Å². The van der Waals surface area contributed by atoms with Gasteiger partial charge in [0.05, 0.1) is 15.6 Å². The summed E-state index contributed by atoms with van der Waals surface area (Å²) < 4.78 is 39.0. The van der Waals surface area contributed by atoms with E-state index in [-0.39, 0.29) is 0 Å². The summed E-state index contributed by atoms with van der Waals surface area (Å²) in [6.07, 6.45) is 3.81. The van der Waals surface area contributed by atoms with E-state index in [9.17, 15) is 17.3 Å². The van der Waals surface area contributed by atoms with E-state index in [0.717, 1.165) is 0 Å². The van der Waals surface area contributed by atoms with Crippen molar-refractivity contribution in [1.29, 1.82) is 0 Å². The van der Waals surface area contributed by atoms with Crippen molar-refractivity contribution in [2.24, 2.45) is 0 Å². The van der Waals surface area contributed by atoms with Crippen LogP contribution in [0.3, 0.4) is 0 Å². The quantitative estimate of drug-likeness (QED) is 0.314. The Morgan fingerprint density at radius 3 is 1.75 bits per heavy atom. The van der Waals surface area contributed by atoms with E-state index >= 15 is 0 Å². The number of halogens is 4. The van der Waals surface area contributed by atoms with Gasteiger partial charge in [-0.05, 0) is 72.1 Å². The molecule has 0 radical (unpaired) electrons. The fourth-order valence-corrected chi connectivity index (χ4v) is 7.83. The Kier molecular flexibility index (Phi) is 9.00. The fraction of sp³-hybridized carbons (Fsp3) is 0.667. The molecule has 24 heavy (non-hydrogen) atoms. The molecule has 0 bridgehead atoms. The third kappa shape index (κ3) is 10.3. The first-order chi connectivity index (χ1) is 10.7. The van der Waals surface area contributed by atoms with Gasteiger partial charge in [-0.1, -0.05) is 25.5 Å². The van der Waals surface area contributed by atoms with Gasteiger partial charge in [-0.2, -0.15) is 0 Å². The molecule has 0 N–H and O–H groups in total. The molecule has 0 aromatic heterocycles. The molecule has 0 heterocycles. The number of rotatable bonds is 4. The van der Waals surface area contributed by atoms with Gasteiger partial charge < -0.3 is 17.3 Å². The van der Waals surface area contributed by atoms with Crippen LogP contribution in [0.1, 0.15) is 66.9 Å². The maximum Gasteiger partial charge on any atom is 0.673 e. The van der Waals surface area contributed by atoms with Gasteiger partial charge in [-0.15, -0.1) is 0 Å². The summed E-state index contributed by atoms with van der Waals surface area (Å²) in [5, 5.41) is 2.40. The largest absolute Gasteiger partial charge is 0.673 e. The predicted octanol–water partition coefficient (Wildman–Crippen LogP) is 6.77. The molecule has 0 spiro atoms. The molecule has 0 atom stereocenters. The zero-order valence-electron chi connectivity index (χ0n) is 16.0. The number of hydrogen-bond acceptors (Lipinski definition) is 0. The number of aryl methyl sites for hydroxylation is 1. The smallest absolute Gasteiger partial charge is 0.418 e. The van der Waals surface area contributed by atoms with E-state index in [1.165, 1.54) is 24.8 Å². The van der Waals surface area contributed by atoms with E-state index < -0.39 is 15.2 Å². The van der Waals surface area contributed by atoms with Gasteiger partial charge in [-0.3, -0.25) is 0 Å². The highest BCUT2D eigenvalue weighted by molar-refractivity contribution is 7.68. The van der Waals surface area contributed by atoms with E-state index in [0.29, 0.717) is 10.3 Å². The Bertz CT molecular complexity index is 467. The highest BCUT2D eigenvalue weighted by atomic mass is 31.1. The fourth-order valence-electron chi connectivity index (χ4n) is 3.25. The Morgan fingerprint density at radius 1 is 0.917 bits per heavy atom. The molecule has 0 aliphatic rings. The van der Waals surface area contributed by atoms with Gasteiger partial charge in [0.25, 0.3) is 0 Å². The lowest BCUT2D eigenvalue weighted by atomic mass is 10.1. The van der Waals surface area contributed by atoms with Crippen LogP contribution < -0.4 is 5.30 Å². The van der Waals surface area contributed by atoms with Crippen LogP contribution in [0, 0.1) is 0 Å². The number of benzene rings is 1. The third-order valence-corrected chi connectivity index (χ3v) is 7.42. The average Bonchev–Trinajstić information content (AvgIpc) is 2.31. The van der Waals surface area contributed by atoms with Gasteiger partial charge >= 0.3 is 7.25 Å². The monoisotopic (exact) mass is 366 g/mol. The van der Waals surface area contributed by atoms with Crippen LogP contribution in [0.5, 0.6) is 0 Å². The van der Waals surface area contributed by atoms with E-state index in [2.05, 4.69) is 72.7 Å². The number of unbranched alkanes of at least 4 members (excludes halogenated alkanes) is 1. The van der Waals surface area contributed by atoms with Crippen molar-refractivity contribution in [3.8, 4) is 0 Å². The summed E-state index contributed by atoms with van der Waals surface area (Å²) in [4.78, 5) is 0. The lowest BCUT2D eigenvalue weighted by molar-refractivity contribution is 0.368. The molecular weight excluding hydrogens is 334 g/mol. The first kappa shape index (κ1) is 23.4. The lowest BCUT2D eigenvalue weighted by Gasteiger charge is -2.34. The maximum atomic E-state index is 9.75. The summed E-state index contributed by atoms with van der Waals surface area (Å²) in [6, 6.07) is 9.41. The zero-order valence-corrected chi connectivity index (χ0v) is 17.0. The Morgan fingerprint density at radius 2 is 1.38 bits per heavy atom. The maximum absolute atomic E-state index is 9.75. The first-order valence-electron chi connectivity index (χ1n) is 8.50. The van der Waals surface area contributed by atoms with E-state index in [1.54, 1.807) is 5.30 Å². The summed E-state index contributed by atoms with van der Waals surface area (Å²) in [7, 11) is -6.60. The summed E-state index contributed by atoms with van der Waals surface area (Å²) in [5.41, 5.74) is 1.52. The van der Waals surface area contributed by atoms with Crippen molar-refractivity contribution >= 4 is 20.5 Å². The molecular formula is C18H32BF4P. The van der Waals surface area contributed by atoms with Gasteiger partial charge in [0.1, 0.15) is 0 Å². The second-order valence-corrected chi connectivity index (χ2v) is 12.5. The zero-order chi connectivity index (χ0) is 19.2. The molecule has 140 valence electrons. The molecule has 0 aliphatic heterocycles. The highest BCUT2D eigenvalue weighted by Crippen LogP contribution is 2.58. The average molecular weight is 366 g/mol. The molecule has 0 aliphatic carbocycles. The standard InChI is InChI=1S/C18H31P.BF4/c1-8-9-11-15-12-10-13-16(14-15)19(17(2,3)4)18(5,6)7;2-1(3,4)5/h10,12-14H,8-9,11H2,1-7H3;/q;-1/p+1. The van der Waals surface area contributed by atoms with Crippen LogP contribution in [-0.4, -0.2) is 17.6 Å². The van der Waals surface area contributed by atoms with Crippen LogP contribution in [0.2, 0.25) is 0 Å². The van der Waals surface area contributed by atoms with Crippen LogP contribution in [0.15, 0.2) is 24.3 Å². The van der Waals surface area contributed by atoms with Crippen molar-refractivity contribution in [2.75, 3.05) is 0 Å². The lowest BCUT2D eigenvalue weighted by Crippen LogP contribution is -2.31. The summed E-state index contributed by atoms with van der Waals surface area (Å²) in [5.74, 6) is 0. The predicted molar refractivity (Wildman–Crippen MR) is 103 cm³/mol. The van der Waals surface area contributed by atoms with Crippen LogP contribution in [-0.2, 0) is 6.42 Å². The molecule has 0 saturated carbocycles. The summed E-state index contributed by atoms with van der Waals surface area (Å²) >= 11 is 0. The number of hydrogen-bond donors (Lipinski definition) is 0. The topological polar surface area (TPSA) is 0 Å². The van der Waals surface area contributed by atoms with Gasteiger partial charge in [0.2, 0.25) is 0 Å². The summed E-state index contributed by atoms with van der Waals surface area (Å²) in [6.45, 7) is 16.7. The Balaban J connectivity index is 0.000000922. The van der Waals surface area contributed by atoms with Crippen molar-refractivity contribution in [3.05, 3.63) is 29.8 Å². The second kappa shape index (κ2) is 9.22. The molecule has 1 aromatic carbocycles. The van der Waals surface area contributed by atoms with E-state index in [1.807, 2.05) is 0 Å².